The first-order valence-electron chi connectivity index (χ1n) is 6.18. The number of carbonyl (C=O) groups excluding carboxylic acids is 3. The van der Waals surface area contributed by atoms with Gasteiger partial charge in [0.1, 0.15) is 0 Å². The summed E-state index contributed by atoms with van der Waals surface area (Å²) in [5, 5.41) is 5.21. The maximum atomic E-state index is 11.8. The van der Waals surface area contributed by atoms with Gasteiger partial charge in [-0.2, -0.15) is 0 Å². The summed E-state index contributed by atoms with van der Waals surface area (Å²) in [6.45, 7) is 5.42. The molecule has 0 aliphatic carbocycles. The quantitative estimate of drug-likeness (QED) is 0.743. The molecule has 3 amide bonds. The minimum absolute atomic E-state index is 0.128. The van der Waals surface area contributed by atoms with E-state index in [4.69, 9.17) is 5.73 Å². The van der Waals surface area contributed by atoms with Crippen LogP contribution in [0.5, 0.6) is 0 Å². The van der Waals surface area contributed by atoms with E-state index < -0.39 is 11.8 Å². The van der Waals surface area contributed by atoms with Crippen LogP contribution in [0.1, 0.15) is 41.5 Å². The van der Waals surface area contributed by atoms with Crippen molar-refractivity contribution in [2.24, 2.45) is 5.73 Å². The number of nitrogens with one attached hydrogen (secondary N) is 2. The van der Waals surface area contributed by atoms with Crippen molar-refractivity contribution in [1.82, 2.24) is 10.6 Å². The molecule has 0 atom stereocenters. The summed E-state index contributed by atoms with van der Waals surface area (Å²) >= 11 is 0. The highest BCUT2D eigenvalue weighted by Gasteiger charge is 2.15. The van der Waals surface area contributed by atoms with Gasteiger partial charge >= 0.3 is 0 Å². The molecule has 0 fully saturated rings. The van der Waals surface area contributed by atoms with Gasteiger partial charge in [-0.1, -0.05) is 6.07 Å². The lowest BCUT2D eigenvalue weighted by Gasteiger charge is -2.20. The van der Waals surface area contributed by atoms with Crippen LogP contribution in [0.2, 0.25) is 0 Å². The maximum absolute atomic E-state index is 11.8. The summed E-state index contributed by atoms with van der Waals surface area (Å²) in [5.41, 5.74) is 5.32. The SMILES string of the molecule is CC(C)(C)NC(=O)CNC(=O)c1cccc(C(N)=O)c1. The topological polar surface area (TPSA) is 101 Å². The Morgan fingerprint density at radius 1 is 1.15 bits per heavy atom. The van der Waals surface area contributed by atoms with Crippen molar-refractivity contribution in [3.63, 3.8) is 0 Å². The Morgan fingerprint density at radius 2 is 1.75 bits per heavy atom. The van der Waals surface area contributed by atoms with Gasteiger partial charge in [0, 0.05) is 16.7 Å². The normalized spacial score (nSPS) is 10.8. The Bertz CT molecular complexity index is 533. The van der Waals surface area contributed by atoms with Crippen LogP contribution in [0.3, 0.4) is 0 Å². The number of primary amides is 1. The van der Waals surface area contributed by atoms with Gasteiger partial charge in [-0.15, -0.1) is 0 Å². The summed E-state index contributed by atoms with van der Waals surface area (Å²) in [6.07, 6.45) is 0. The molecule has 1 aromatic carbocycles. The van der Waals surface area contributed by atoms with Gasteiger partial charge in [0.2, 0.25) is 11.8 Å². The number of rotatable bonds is 4. The van der Waals surface area contributed by atoms with E-state index in [1.165, 1.54) is 12.1 Å². The summed E-state index contributed by atoms with van der Waals surface area (Å²) in [7, 11) is 0. The number of hydrogen-bond acceptors (Lipinski definition) is 3. The molecule has 20 heavy (non-hydrogen) atoms. The predicted octanol–water partition coefficient (Wildman–Crippen LogP) is 0.430. The van der Waals surface area contributed by atoms with Gasteiger partial charge in [0.05, 0.1) is 6.54 Å². The van der Waals surface area contributed by atoms with E-state index in [1.807, 2.05) is 20.8 Å². The fraction of sp³-hybridized carbons (Fsp3) is 0.357. The zero-order chi connectivity index (χ0) is 15.3. The molecular formula is C14H19N3O3. The first kappa shape index (κ1) is 15.7. The average Bonchev–Trinajstić information content (AvgIpc) is 2.34. The van der Waals surface area contributed by atoms with E-state index in [1.54, 1.807) is 12.1 Å². The standard InChI is InChI=1S/C14H19N3O3/c1-14(2,3)17-11(18)8-16-13(20)10-6-4-5-9(7-10)12(15)19/h4-7H,8H2,1-3H3,(H2,15,19)(H,16,20)(H,17,18). The Labute approximate surface area is 117 Å². The lowest BCUT2D eigenvalue weighted by Crippen LogP contribution is -2.45. The molecule has 0 saturated heterocycles. The number of amides is 3. The third-order valence-electron chi connectivity index (χ3n) is 2.33. The van der Waals surface area contributed by atoms with Crippen molar-refractivity contribution in [3.8, 4) is 0 Å². The highest BCUT2D eigenvalue weighted by molar-refractivity contribution is 6.00. The number of benzene rings is 1. The van der Waals surface area contributed by atoms with Crippen molar-refractivity contribution < 1.29 is 14.4 Å². The monoisotopic (exact) mass is 277 g/mol. The minimum Gasteiger partial charge on any atom is -0.366 e. The smallest absolute Gasteiger partial charge is 0.251 e. The molecule has 0 spiro atoms. The minimum atomic E-state index is -0.606. The van der Waals surface area contributed by atoms with Crippen LogP contribution >= 0.6 is 0 Å². The molecule has 6 heteroatoms. The van der Waals surface area contributed by atoms with Gasteiger partial charge in [0.15, 0.2) is 0 Å². The second-order valence-electron chi connectivity index (χ2n) is 5.43. The van der Waals surface area contributed by atoms with Crippen LogP contribution in [0, 0.1) is 0 Å². The van der Waals surface area contributed by atoms with Crippen LogP contribution in [0.4, 0.5) is 0 Å². The summed E-state index contributed by atoms with van der Waals surface area (Å²) in [6, 6.07) is 6.01. The molecule has 0 aliphatic rings. The molecule has 0 saturated carbocycles. The van der Waals surface area contributed by atoms with Crippen LogP contribution in [0.15, 0.2) is 24.3 Å². The Kier molecular flexibility index (Phi) is 4.85. The maximum Gasteiger partial charge on any atom is 0.251 e. The number of hydrogen-bond donors (Lipinski definition) is 3. The first-order chi connectivity index (χ1) is 9.19. The van der Waals surface area contributed by atoms with Gasteiger partial charge in [-0.05, 0) is 39.0 Å². The van der Waals surface area contributed by atoms with Crippen LogP contribution < -0.4 is 16.4 Å². The van der Waals surface area contributed by atoms with Crippen molar-refractivity contribution in [2.75, 3.05) is 6.54 Å². The lowest BCUT2D eigenvalue weighted by molar-refractivity contribution is -0.121. The Balaban J connectivity index is 2.61. The molecule has 1 rings (SSSR count). The molecule has 4 N–H and O–H groups in total. The number of carbonyl (C=O) groups is 3. The van der Waals surface area contributed by atoms with E-state index in [0.29, 0.717) is 0 Å². The van der Waals surface area contributed by atoms with Crippen molar-refractivity contribution in [2.45, 2.75) is 26.3 Å². The molecule has 0 unspecified atom stereocenters. The van der Waals surface area contributed by atoms with Crippen molar-refractivity contribution in [1.29, 1.82) is 0 Å². The second kappa shape index (κ2) is 6.18. The van der Waals surface area contributed by atoms with Crippen LogP contribution in [-0.2, 0) is 4.79 Å². The fourth-order valence-electron chi connectivity index (χ4n) is 1.54. The zero-order valence-corrected chi connectivity index (χ0v) is 11.8. The van der Waals surface area contributed by atoms with Gasteiger partial charge in [-0.3, -0.25) is 14.4 Å². The van der Waals surface area contributed by atoms with Gasteiger partial charge in [-0.25, -0.2) is 0 Å². The van der Waals surface area contributed by atoms with E-state index in [9.17, 15) is 14.4 Å². The van der Waals surface area contributed by atoms with E-state index in [-0.39, 0.29) is 29.1 Å². The fourth-order valence-corrected chi connectivity index (χ4v) is 1.54. The van der Waals surface area contributed by atoms with Gasteiger partial charge < -0.3 is 16.4 Å². The molecule has 0 aromatic heterocycles. The Morgan fingerprint density at radius 3 is 2.30 bits per heavy atom. The largest absolute Gasteiger partial charge is 0.366 e. The molecule has 1 aromatic rings. The van der Waals surface area contributed by atoms with E-state index >= 15 is 0 Å². The summed E-state index contributed by atoms with van der Waals surface area (Å²) < 4.78 is 0. The molecule has 6 nitrogen and oxygen atoms in total. The zero-order valence-electron chi connectivity index (χ0n) is 11.8. The Hall–Kier alpha value is -2.37. The van der Waals surface area contributed by atoms with Crippen LogP contribution in [0.25, 0.3) is 0 Å². The lowest BCUT2D eigenvalue weighted by atomic mass is 10.1. The number of nitrogens with two attached hydrogens (primary N) is 1. The third-order valence-corrected chi connectivity index (χ3v) is 2.33. The average molecular weight is 277 g/mol. The van der Waals surface area contributed by atoms with Crippen molar-refractivity contribution >= 4 is 17.7 Å². The molecule has 0 heterocycles. The summed E-state index contributed by atoms with van der Waals surface area (Å²) in [4.78, 5) is 34.4. The third kappa shape index (κ3) is 5.09. The van der Waals surface area contributed by atoms with Crippen molar-refractivity contribution in [3.05, 3.63) is 35.4 Å². The molecular weight excluding hydrogens is 258 g/mol. The summed E-state index contributed by atoms with van der Waals surface area (Å²) in [5.74, 6) is -1.32. The molecule has 0 bridgehead atoms. The van der Waals surface area contributed by atoms with E-state index in [2.05, 4.69) is 10.6 Å². The predicted molar refractivity (Wildman–Crippen MR) is 75.2 cm³/mol. The van der Waals surface area contributed by atoms with Crippen LogP contribution in [-0.4, -0.2) is 29.8 Å². The molecule has 0 aliphatic heterocycles. The van der Waals surface area contributed by atoms with Gasteiger partial charge in [0.25, 0.3) is 5.91 Å². The van der Waals surface area contributed by atoms with E-state index in [0.717, 1.165) is 0 Å². The molecule has 0 radical (unpaired) electrons. The highest BCUT2D eigenvalue weighted by Crippen LogP contribution is 2.04. The highest BCUT2D eigenvalue weighted by atomic mass is 16.2. The first-order valence-corrected chi connectivity index (χ1v) is 6.18. The molecule has 108 valence electrons. The second-order valence-corrected chi connectivity index (χ2v) is 5.43.